The van der Waals surface area contributed by atoms with Crippen LogP contribution >= 0.6 is 0 Å². The largest absolute Gasteiger partial charge is 0.468 e. The van der Waals surface area contributed by atoms with E-state index in [-0.39, 0.29) is 17.6 Å². The van der Waals surface area contributed by atoms with E-state index in [2.05, 4.69) is 15.4 Å². The highest BCUT2D eigenvalue weighted by atomic mass is 19.1. The number of rotatable bonds is 3. The van der Waals surface area contributed by atoms with Gasteiger partial charge in [0.25, 0.3) is 5.91 Å². The fourth-order valence-corrected chi connectivity index (χ4v) is 2.08. The van der Waals surface area contributed by atoms with Gasteiger partial charge in [0.05, 0.1) is 12.7 Å². The van der Waals surface area contributed by atoms with Gasteiger partial charge < -0.3 is 15.4 Å². The number of methoxy groups -OCH3 is 1. The number of carbonyl (C=O) groups excluding carboxylic acids is 2. The first-order valence-corrected chi connectivity index (χ1v) is 5.98. The SMILES string of the molecule is COC(=O)[C@@H]1C[C@H](NC(=O)c2ccccc2F)CN1. The van der Waals surface area contributed by atoms with Crippen molar-refractivity contribution >= 4 is 11.9 Å². The molecule has 1 aromatic carbocycles. The van der Waals surface area contributed by atoms with Crippen LogP contribution in [0, 0.1) is 5.82 Å². The van der Waals surface area contributed by atoms with Gasteiger partial charge >= 0.3 is 5.97 Å². The van der Waals surface area contributed by atoms with Crippen molar-refractivity contribution < 1.29 is 18.7 Å². The molecule has 19 heavy (non-hydrogen) atoms. The molecule has 1 amide bonds. The number of amides is 1. The quantitative estimate of drug-likeness (QED) is 0.780. The zero-order valence-corrected chi connectivity index (χ0v) is 10.5. The summed E-state index contributed by atoms with van der Waals surface area (Å²) in [4.78, 5) is 23.2. The van der Waals surface area contributed by atoms with Crippen LogP contribution in [-0.4, -0.2) is 37.6 Å². The standard InChI is InChI=1S/C13H15FN2O3/c1-19-13(18)11-6-8(7-15-11)16-12(17)9-4-2-3-5-10(9)14/h2-5,8,11,15H,6-7H2,1H3,(H,16,17)/t8-,11-/m0/s1. The topological polar surface area (TPSA) is 67.4 Å². The number of benzene rings is 1. The molecular weight excluding hydrogens is 251 g/mol. The van der Waals surface area contributed by atoms with Crippen LogP contribution in [0.2, 0.25) is 0 Å². The predicted octanol–water partition coefficient (Wildman–Crippen LogP) is 0.459. The summed E-state index contributed by atoms with van der Waals surface area (Å²) in [5, 5.41) is 5.64. The number of hydrogen-bond acceptors (Lipinski definition) is 4. The van der Waals surface area contributed by atoms with Gasteiger partial charge in [-0.05, 0) is 18.6 Å². The Morgan fingerprint density at radius 2 is 2.16 bits per heavy atom. The summed E-state index contributed by atoms with van der Waals surface area (Å²) in [6.45, 7) is 0.458. The van der Waals surface area contributed by atoms with E-state index in [1.54, 1.807) is 6.07 Å². The van der Waals surface area contributed by atoms with Crippen molar-refractivity contribution in [3.63, 3.8) is 0 Å². The summed E-state index contributed by atoms with van der Waals surface area (Å²) >= 11 is 0. The Bertz CT molecular complexity index is 493. The number of carbonyl (C=O) groups is 2. The lowest BCUT2D eigenvalue weighted by atomic mass is 10.1. The van der Waals surface area contributed by atoms with Crippen molar-refractivity contribution in [3.8, 4) is 0 Å². The Morgan fingerprint density at radius 1 is 1.42 bits per heavy atom. The fraction of sp³-hybridized carbons (Fsp3) is 0.385. The van der Waals surface area contributed by atoms with Gasteiger partial charge in [-0.2, -0.15) is 0 Å². The molecule has 0 radical (unpaired) electrons. The molecule has 2 rings (SSSR count). The number of ether oxygens (including phenoxy) is 1. The Balaban J connectivity index is 1.94. The van der Waals surface area contributed by atoms with E-state index < -0.39 is 17.8 Å². The zero-order valence-electron chi connectivity index (χ0n) is 10.5. The first kappa shape index (κ1) is 13.5. The lowest BCUT2D eigenvalue weighted by Gasteiger charge is -2.12. The molecular formula is C13H15FN2O3. The van der Waals surface area contributed by atoms with E-state index in [1.165, 1.54) is 25.3 Å². The van der Waals surface area contributed by atoms with Crippen LogP contribution in [-0.2, 0) is 9.53 Å². The molecule has 0 unspecified atom stereocenters. The van der Waals surface area contributed by atoms with Gasteiger partial charge in [-0.25, -0.2) is 4.39 Å². The number of halogens is 1. The summed E-state index contributed by atoms with van der Waals surface area (Å²) in [5.74, 6) is -1.39. The molecule has 0 aromatic heterocycles. The molecule has 0 saturated carbocycles. The Hall–Kier alpha value is -1.95. The third-order valence-electron chi connectivity index (χ3n) is 3.07. The van der Waals surface area contributed by atoms with Gasteiger partial charge in [0.15, 0.2) is 0 Å². The van der Waals surface area contributed by atoms with Crippen LogP contribution < -0.4 is 10.6 Å². The molecule has 2 atom stereocenters. The zero-order chi connectivity index (χ0) is 13.8. The molecule has 1 saturated heterocycles. The minimum absolute atomic E-state index is 0.00372. The third-order valence-corrected chi connectivity index (χ3v) is 3.07. The van der Waals surface area contributed by atoms with Crippen LogP contribution in [0.4, 0.5) is 4.39 Å². The maximum atomic E-state index is 13.4. The maximum Gasteiger partial charge on any atom is 0.322 e. The second kappa shape index (κ2) is 5.79. The molecule has 102 valence electrons. The van der Waals surface area contributed by atoms with Crippen molar-refractivity contribution in [2.45, 2.75) is 18.5 Å². The molecule has 1 heterocycles. The van der Waals surface area contributed by atoms with Crippen LogP contribution in [0.15, 0.2) is 24.3 Å². The molecule has 1 aliphatic rings. The van der Waals surface area contributed by atoms with Crippen LogP contribution in [0.5, 0.6) is 0 Å². The number of esters is 1. The lowest BCUT2D eigenvalue weighted by Crippen LogP contribution is -2.36. The van der Waals surface area contributed by atoms with E-state index in [9.17, 15) is 14.0 Å². The summed E-state index contributed by atoms with van der Waals surface area (Å²) < 4.78 is 18.0. The normalized spacial score (nSPS) is 22.0. The molecule has 6 heteroatoms. The Labute approximate surface area is 110 Å². The average Bonchev–Trinajstić information content (AvgIpc) is 2.86. The van der Waals surface area contributed by atoms with Gasteiger partial charge in [0.2, 0.25) is 0 Å². The van der Waals surface area contributed by atoms with Crippen LogP contribution in [0.1, 0.15) is 16.8 Å². The van der Waals surface area contributed by atoms with Crippen molar-refractivity contribution in [3.05, 3.63) is 35.6 Å². The summed E-state index contributed by atoms with van der Waals surface area (Å²) in [7, 11) is 1.31. The summed E-state index contributed by atoms with van der Waals surface area (Å²) in [6.07, 6.45) is 0.437. The monoisotopic (exact) mass is 266 g/mol. The second-order valence-electron chi connectivity index (χ2n) is 4.37. The summed E-state index contributed by atoms with van der Waals surface area (Å²) in [6, 6.07) is 5.15. The molecule has 0 aliphatic carbocycles. The van der Waals surface area contributed by atoms with E-state index in [0.717, 1.165) is 0 Å². The number of hydrogen-bond donors (Lipinski definition) is 2. The van der Waals surface area contributed by atoms with Crippen molar-refractivity contribution in [2.75, 3.05) is 13.7 Å². The van der Waals surface area contributed by atoms with Gasteiger partial charge in [-0.1, -0.05) is 12.1 Å². The second-order valence-corrected chi connectivity index (χ2v) is 4.37. The highest BCUT2D eigenvalue weighted by Crippen LogP contribution is 2.11. The third kappa shape index (κ3) is 3.08. The van der Waals surface area contributed by atoms with E-state index in [1.807, 2.05) is 0 Å². The van der Waals surface area contributed by atoms with Crippen molar-refractivity contribution in [1.29, 1.82) is 0 Å². The highest BCUT2D eigenvalue weighted by molar-refractivity contribution is 5.94. The van der Waals surface area contributed by atoms with Crippen LogP contribution in [0.3, 0.4) is 0 Å². The smallest absolute Gasteiger partial charge is 0.322 e. The van der Waals surface area contributed by atoms with E-state index in [0.29, 0.717) is 13.0 Å². The van der Waals surface area contributed by atoms with Gasteiger partial charge in [-0.3, -0.25) is 9.59 Å². The minimum atomic E-state index is -0.560. The minimum Gasteiger partial charge on any atom is -0.468 e. The molecule has 0 bridgehead atoms. The molecule has 1 fully saturated rings. The first-order valence-electron chi connectivity index (χ1n) is 5.98. The van der Waals surface area contributed by atoms with E-state index >= 15 is 0 Å². The van der Waals surface area contributed by atoms with E-state index in [4.69, 9.17) is 0 Å². The van der Waals surface area contributed by atoms with Crippen LogP contribution in [0.25, 0.3) is 0 Å². The molecule has 5 nitrogen and oxygen atoms in total. The Morgan fingerprint density at radius 3 is 2.84 bits per heavy atom. The maximum absolute atomic E-state index is 13.4. The first-order chi connectivity index (χ1) is 9.11. The summed E-state index contributed by atoms with van der Waals surface area (Å²) in [5.41, 5.74) is 0.00372. The molecule has 0 spiro atoms. The van der Waals surface area contributed by atoms with Crippen molar-refractivity contribution in [1.82, 2.24) is 10.6 Å². The lowest BCUT2D eigenvalue weighted by molar-refractivity contribution is -0.142. The molecule has 1 aliphatic heterocycles. The molecule has 2 N–H and O–H groups in total. The number of nitrogens with one attached hydrogen (secondary N) is 2. The van der Waals surface area contributed by atoms with Gasteiger partial charge in [-0.15, -0.1) is 0 Å². The molecule has 1 aromatic rings. The van der Waals surface area contributed by atoms with Gasteiger partial charge in [0, 0.05) is 12.6 Å². The fourth-order valence-electron chi connectivity index (χ4n) is 2.08. The Kier molecular flexibility index (Phi) is 4.11. The van der Waals surface area contributed by atoms with Gasteiger partial charge in [0.1, 0.15) is 11.9 Å². The average molecular weight is 266 g/mol. The van der Waals surface area contributed by atoms with Crippen molar-refractivity contribution in [2.24, 2.45) is 0 Å². The highest BCUT2D eigenvalue weighted by Gasteiger charge is 2.31. The predicted molar refractivity (Wildman–Crippen MR) is 66.1 cm³/mol.